The molecule has 0 spiro atoms. The van der Waals surface area contributed by atoms with Crippen molar-refractivity contribution in [3.8, 4) is 6.01 Å². The number of likely N-dealkylation sites (tertiary alicyclic amines) is 1. The largest absolute Gasteiger partial charge is 0.463 e. The highest BCUT2D eigenvalue weighted by atomic mass is 16.5. The van der Waals surface area contributed by atoms with Gasteiger partial charge in [-0.1, -0.05) is 24.3 Å². The Labute approximate surface area is 193 Å². The van der Waals surface area contributed by atoms with Gasteiger partial charge in [0.05, 0.1) is 19.8 Å². The third-order valence-corrected chi connectivity index (χ3v) is 6.00. The van der Waals surface area contributed by atoms with Gasteiger partial charge in [-0.2, -0.15) is 9.97 Å². The number of nitrogens with two attached hydrogens (primary N) is 1. The van der Waals surface area contributed by atoms with E-state index in [9.17, 15) is 9.70 Å². The van der Waals surface area contributed by atoms with Gasteiger partial charge in [-0.25, -0.2) is 0 Å². The Bertz CT molecular complexity index is 960. The lowest BCUT2D eigenvalue weighted by Gasteiger charge is -2.23. The summed E-state index contributed by atoms with van der Waals surface area (Å²) in [6.45, 7) is 5.23. The van der Waals surface area contributed by atoms with Crippen molar-refractivity contribution in [1.82, 2.24) is 14.9 Å². The first-order chi connectivity index (χ1) is 16.2. The van der Waals surface area contributed by atoms with Crippen molar-refractivity contribution in [2.75, 3.05) is 50.1 Å². The Balaban J connectivity index is 1.54. The summed E-state index contributed by atoms with van der Waals surface area (Å²) in [5.74, 6) is 0.366. The second-order valence-electron chi connectivity index (χ2n) is 8.55. The predicted molar refractivity (Wildman–Crippen MR) is 124 cm³/mol. The van der Waals surface area contributed by atoms with E-state index in [0.717, 1.165) is 37.9 Å². The second-order valence-corrected chi connectivity index (χ2v) is 8.55. The monoisotopic (exact) mass is 454 g/mol. The lowest BCUT2D eigenvalue weighted by Crippen LogP contribution is -2.27. The molecule has 0 amide bonds. The molecule has 4 rings (SSSR count). The Kier molecular flexibility index (Phi) is 7.79. The van der Waals surface area contributed by atoms with Gasteiger partial charge in [0, 0.05) is 25.6 Å². The average molecular weight is 455 g/mol. The summed E-state index contributed by atoms with van der Waals surface area (Å²) < 4.78 is 11.1. The highest BCUT2D eigenvalue weighted by Crippen LogP contribution is 2.34. The molecule has 33 heavy (non-hydrogen) atoms. The van der Waals surface area contributed by atoms with Crippen LogP contribution in [0.3, 0.4) is 0 Å². The molecule has 0 aliphatic carbocycles. The molecule has 176 valence electrons. The van der Waals surface area contributed by atoms with Gasteiger partial charge >= 0.3 is 6.01 Å². The minimum atomic E-state index is -0.0957. The molecule has 1 aromatic carbocycles. The fourth-order valence-corrected chi connectivity index (χ4v) is 4.28. The van der Waals surface area contributed by atoms with Crippen LogP contribution in [0.4, 0.5) is 17.3 Å². The molecule has 2 aliphatic heterocycles. The Morgan fingerprint density at radius 3 is 2.82 bits per heavy atom. The van der Waals surface area contributed by atoms with Crippen molar-refractivity contribution < 1.29 is 14.3 Å². The molecular formula is C23H30N6O4. The SMILES string of the molecule is Nc1nc(OCC2CCOC2)nc(N(CC=O)Cc2cccc(CN3CCCC3)c2)c1N=O. The second kappa shape index (κ2) is 11.2. The maximum absolute atomic E-state index is 11.5. The smallest absolute Gasteiger partial charge is 0.320 e. The molecule has 1 unspecified atom stereocenters. The van der Waals surface area contributed by atoms with Gasteiger partial charge in [0.1, 0.15) is 6.29 Å². The van der Waals surface area contributed by atoms with E-state index in [4.69, 9.17) is 15.2 Å². The quantitative estimate of drug-likeness (QED) is 0.403. The van der Waals surface area contributed by atoms with Gasteiger partial charge < -0.3 is 24.9 Å². The fourth-order valence-electron chi connectivity index (χ4n) is 4.28. The molecular weight excluding hydrogens is 424 g/mol. The minimum absolute atomic E-state index is 0.0191. The van der Waals surface area contributed by atoms with Crippen LogP contribution in [0.5, 0.6) is 6.01 Å². The molecule has 10 nitrogen and oxygen atoms in total. The van der Waals surface area contributed by atoms with E-state index in [2.05, 4.69) is 32.2 Å². The van der Waals surface area contributed by atoms with Crippen molar-refractivity contribution in [2.24, 2.45) is 11.1 Å². The van der Waals surface area contributed by atoms with E-state index >= 15 is 0 Å². The zero-order valence-corrected chi connectivity index (χ0v) is 18.7. The number of ether oxygens (including phenoxy) is 2. The predicted octanol–water partition coefficient (Wildman–Crippen LogP) is 2.67. The van der Waals surface area contributed by atoms with Crippen LogP contribution in [0, 0.1) is 10.8 Å². The van der Waals surface area contributed by atoms with Crippen molar-refractivity contribution in [2.45, 2.75) is 32.4 Å². The van der Waals surface area contributed by atoms with Gasteiger partial charge in [0.15, 0.2) is 17.3 Å². The van der Waals surface area contributed by atoms with E-state index in [1.165, 1.54) is 18.4 Å². The van der Waals surface area contributed by atoms with E-state index < -0.39 is 0 Å². The van der Waals surface area contributed by atoms with Crippen molar-refractivity contribution >= 4 is 23.6 Å². The number of carbonyl (C=O) groups excluding carboxylic acids is 1. The molecule has 2 aliphatic rings. The molecule has 10 heteroatoms. The zero-order valence-electron chi connectivity index (χ0n) is 18.7. The number of nitrogens with zero attached hydrogens (tertiary/aromatic N) is 5. The normalized spacial score (nSPS) is 18.4. The summed E-state index contributed by atoms with van der Waals surface area (Å²) in [6, 6.07) is 8.27. The number of aromatic nitrogens is 2. The van der Waals surface area contributed by atoms with Gasteiger partial charge in [-0.3, -0.25) is 4.90 Å². The van der Waals surface area contributed by atoms with Gasteiger partial charge in [-0.05, 0) is 48.7 Å². The Hall–Kier alpha value is -3.11. The maximum atomic E-state index is 11.5. The van der Waals surface area contributed by atoms with E-state index in [1.807, 2.05) is 12.1 Å². The molecule has 1 atom stereocenters. The summed E-state index contributed by atoms with van der Waals surface area (Å²) in [4.78, 5) is 35.6. The molecule has 0 radical (unpaired) electrons. The summed E-state index contributed by atoms with van der Waals surface area (Å²) >= 11 is 0. The molecule has 2 saturated heterocycles. The minimum Gasteiger partial charge on any atom is -0.463 e. The van der Waals surface area contributed by atoms with Crippen LogP contribution in [-0.4, -0.2) is 60.6 Å². The van der Waals surface area contributed by atoms with Gasteiger partial charge in [0.25, 0.3) is 0 Å². The van der Waals surface area contributed by atoms with Crippen LogP contribution in [0.2, 0.25) is 0 Å². The molecule has 2 fully saturated rings. The molecule has 1 aromatic heterocycles. The molecule has 0 saturated carbocycles. The topological polar surface area (TPSA) is 123 Å². The summed E-state index contributed by atoms with van der Waals surface area (Å²) in [7, 11) is 0. The standard InChI is InChI=1S/C23H30N6O4/c24-21-20(27-31)22(26-23(25-21)33-16-19-6-11-32-15-19)29(9-10-30)14-18-5-3-4-17(12-18)13-28-7-1-2-8-28/h3-5,10,12,19H,1-2,6-9,11,13-16H2,(H2,24,25,26). The van der Waals surface area contributed by atoms with Crippen molar-refractivity contribution in [3.63, 3.8) is 0 Å². The number of nitrogen functional groups attached to an aromatic ring is 1. The van der Waals surface area contributed by atoms with E-state index in [1.54, 1.807) is 4.90 Å². The van der Waals surface area contributed by atoms with Crippen LogP contribution in [0.1, 0.15) is 30.4 Å². The molecule has 0 bridgehead atoms. The molecule has 3 heterocycles. The van der Waals surface area contributed by atoms with Crippen LogP contribution < -0.4 is 15.4 Å². The van der Waals surface area contributed by atoms with Crippen LogP contribution >= 0.6 is 0 Å². The molecule has 2 N–H and O–H groups in total. The first-order valence-electron chi connectivity index (χ1n) is 11.4. The van der Waals surface area contributed by atoms with Crippen LogP contribution in [0.15, 0.2) is 29.4 Å². The zero-order chi connectivity index (χ0) is 23.0. The third-order valence-electron chi connectivity index (χ3n) is 6.00. The number of aldehydes is 1. The Morgan fingerprint density at radius 1 is 1.27 bits per heavy atom. The highest BCUT2D eigenvalue weighted by Gasteiger charge is 2.22. The van der Waals surface area contributed by atoms with Crippen molar-refractivity contribution in [1.29, 1.82) is 0 Å². The third kappa shape index (κ3) is 6.02. The lowest BCUT2D eigenvalue weighted by atomic mass is 10.1. The summed E-state index contributed by atoms with van der Waals surface area (Å²) in [5.41, 5.74) is 8.09. The summed E-state index contributed by atoms with van der Waals surface area (Å²) in [5, 5.41) is 3.04. The fraction of sp³-hybridized carbons (Fsp3) is 0.522. The first kappa shape index (κ1) is 23.1. The number of carbonyl (C=O) groups is 1. The number of nitroso groups, excluding NO2 is 1. The van der Waals surface area contributed by atoms with Gasteiger partial charge in [-0.15, -0.1) is 4.91 Å². The van der Waals surface area contributed by atoms with Crippen molar-refractivity contribution in [3.05, 3.63) is 40.3 Å². The van der Waals surface area contributed by atoms with E-state index in [-0.39, 0.29) is 35.8 Å². The van der Waals surface area contributed by atoms with Crippen LogP contribution in [0.25, 0.3) is 0 Å². The van der Waals surface area contributed by atoms with Crippen LogP contribution in [-0.2, 0) is 22.6 Å². The maximum Gasteiger partial charge on any atom is 0.320 e. The number of rotatable bonds is 11. The highest BCUT2D eigenvalue weighted by molar-refractivity contribution is 5.75. The average Bonchev–Trinajstić information content (AvgIpc) is 3.52. The molecule has 2 aromatic rings. The number of anilines is 2. The lowest BCUT2D eigenvalue weighted by molar-refractivity contribution is -0.106. The van der Waals surface area contributed by atoms with Gasteiger partial charge in [0.2, 0.25) is 0 Å². The number of hydrogen-bond acceptors (Lipinski definition) is 10. The number of benzene rings is 1. The first-order valence-corrected chi connectivity index (χ1v) is 11.4. The number of hydrogen-bond donors (Lipinski definition) is 1. The van der Waals surface area contributed by atoms with E-state index in [0.29, 0.717) is 26.4 Å². The summed E-state index contributed by atoms with van der Waals surface area (Å²) in [6.07, 6.45) is 4.14. The Morgan fingerprint density at radius 2 is 2.09 bits per heavy atom.